The molecule has 2 rings (SSSR count). The first kappa shape index (κ1) is 22.7. The highest BCUT2D eigenvalue weighted by Gasteiger charge is 2.15. The molecule has 0 bridgehead atoms. The van der Waals surface area contributed by atoms with Crippen LogP contribution < -0.4 is 10.2 Å². The molecule has 1 heterocycles. The third-order valence-corrected chi connectivity index (χ3v) is 4.23. The standard InChI is InChI=1S/C18H16BrN5O6/c1-10-3-12(8-29-2)14(6-20)18(22-10)30-9-16(25)23-21-7-11-4-13(24(27)28)5-15(19)17(11)26/h3-5,7,26H,8-9H2,1-2H3,(H,23,25)/b21-7+. The highest BCUT2D eigenvalue weighted by Crippen LogP contribution is 2.31. The van der Waals surface area contributed by atoms with E-state index in [2.05, 4.69) is 31.4 Å². The molecule has 0 aliphatic heterocycles. The molecule has 11 nitrogen and oxygen atoms in total. The molecule has 0 radical (unpaired) electrons. The number of hydrazone groups is 1. The van der Waals surface area contributed by atoms with E-state index in [1.807, 2.05) is 6.07 Å². The summed E-state index contributed by atoms with van der Waals surface area (Å²) in [7, 11) is 1.49. The summed E-state index contributed by atoms with van der Waals surface area (Å²) in [4.78, 5) is 26.3. The molecule has 0 aliphatic carbocycles. The Labute approximate surface area is 179 Å². The van der Waals surface area contributed by atoms with Gasteiger partial charge in [-0.25, -0.2) is 10.4 Å². The predicted octanol–water partition coefficient (Wildman–Crippen LogP) is 2.31. The number of rotatable bonds is 8. The lowest BCUT2D eigenvalue weighted by atomic mass is 10.1. The zero-order valence-corrected chi connectivity index (χ0v) is 17.5. The van der Waals surface area contributed by atoms with Gasteiger partial charge in [-0.15, -0.1) is 0 Å². The van der Waals surface area contributed by atoms with E-state index >= 15 is 0 Å². The van der Waals surface area contributed by atoms with Crippen molar-refractivity contribution in [3.8, 4) is 17.7 Å². The Balaban J connectivity index is 2.06. The van der Waals surface area contributed by atoms with E-state index in [4.69, 9.17) is 9.47 Å². The second kappa shape index (κ2) is 10.3. The predicted molar refractivity (Wildman–Crippen MR) is 108 cm³/mol. The monoisotopic (exact) mass is 477 g/mol. The summed E-state index contributed by atoms with van der Waals surface area (Å²) in [5.41, 5.74) is 3.24. The van der Waals surface area contributed by atoms with Crippen LogP contribution in [0.2, 0.25) is 0 Å². The number of phenolic OH excluding ortho intramolecular Hbond substituents is 1. The van der Waals surface area contributed by atoms with E-state index in [0.29, 0.717) is 11.3 Å². The number of carbonyl (C=O) groups excluding carboxylic acids is 1. The van der Waals surface area contributed by atoms with Crippen molar-refractivity contribution in [3.63, 3.8) is 0 Å². The molecule has 30 heavy (non-hydrogen) atoms. The quantitative estimate of drug-likeness (QED) is 0.332. The molecule has 1 amide bonds. The summed E-state index contributed by atoms with van der Waals surface area (Å²) >= 11 is 3.01. The number of hydrogen-bond donors (Lipinski definition) is 2. The van der Waals surface area contributed by atoms with Crippen molar-refractivity contribution in [2.75, 3.05) is 13.7 Å². The van der Waals surface area contributed by atoms with Gasteiger partial charge < -0.3 is 14.6 Å². The Morgan fingerprint density at radius 1 is 1.50 bits per heavy atom. The fourth-order valence-corrected chi connectivity index (χ4v) is 2.82. The number of non-ortho nitro benzene ring substituents is 1. The molecule has 0 fully saturated rings. The van der Waals surface area contributed by atoms with Crippen LogP contribution in [0, 0.1) is 28.4 Å². The van der Waals surface area contributed by atoms with Crippen molar-refractivity contribution in [2.45, 2.75) is 13.5 Å². The van der Waals surface area contributed by atoms with Crippen molar-refractivity contribution >= 4 is 33.7 Å². The number of nitro benzene ring substituents is 1. The van der Waals surface area contributed by atoms with Crippen LogP contribution in [-0.4, -0.2) is 40.9 Å². The Bertz CT molecular complexity index is 1050. The third-order valence-electron chi connectivity index (χ3n) is 3.63. The summed E-state index contributed by atoms with van der Waals surface area (Å²) in [6.07, 6.45) is 1.05. The molecule has 1 aromatic carbocycles. The van der Waals surface area contributed by atoms with Crippen LogP contribution in [0.15, 0.2) is 27.8 Å². The number of nitrogens with one attached hydrogen (secondary N) is 1. The second-order valence-electron chi connectivity index (χ2n) is 5.85. The molecule has 1 aromatic heterocycles. The van der Waals surface area contributed by atoms with Crippen molar-refractivity contribution in [1.82, 2.24) is 10.4 Å². The lowest BCUT2D eigenvalue weighted by molar-refractivity contribution is -0.385. The van der Waals surface area contributed by atoms with Crippen molar-refractivity contribution in [3.05, 3.63) is 55.2 Å². The first-order valence-electron chi connectivity index (χ1n) is 8.28. The topological polar surface area (TPSA) is 160 Å². The van der Waals surface area contributed by atoms with E-state index in [1.54, 1.807) is 13.0 Å². The van der Waals surface area contributed by atoms with Gasteiger partial charge >= 0.3 is 0 Å². The van der Waals surface area contributed by atoms with Crippen molar-refractivity contribution < 1.29 is 24.3 Å². The van der Waals surface area contributed by atoms with Gasteiger partial charge in [-0.2, -0.15) is 10.4 Å². The smallest absolute Gasteiger partial charge is 0.278 e. The number of hydrogen-bond acceptors (Lipinski definition) is 9. The number of ether oxygens (including phenoxy) is 2. The Morgan fingerprint density at radius 3 is 2.87 bits per heavy atom. The zero-order valence-electron chi connectivity index (χ0n) is 15.9. The highest BCUT2D eigenvalue weighted by molar-refractivity contribution is 9.10. The molecule has 156 valence electrons. The van der Waals surface area contributed by atoms with Crippen LogP contribution in [0.25, 0.3) is 0 Å². The zero-order chi connectivity index (χ0) is 22.3. The average molecular weight is 478 g/mol. The number of phenols is 1. The van der Waals surface area contributed by atoms with E-state index in [0.717, 1.165) is 18.3 Å². The molecule has 0 unspecified atom stereocenters. The van der Waals surface area contributed by atoms with Crippen LogP contribution in [0.1, 0.15) is 22.4 Å². The maximum atomic E-state index is 12.0. The summed E-state index contributed by atoms with van der Waals surface area (Å²) < 4.78 is 10.5. The van der Waals surface area contributed by atoms with Crippen LogP contribution in [0.3, 0.4) is 0 Å². The number of methoxy groups -OCH3 is 1. The SMILES string of the molecule is COCc1cc(C)nc(OCC(=O)N/N=C/c2cc([N+](=O)[O-])cc(Br)c2O)c1C#N. The van der Waals surface area contributed by atoms with E-state index in [1.165, 1.54) is 7.11 Å². The maximum absolute atomic E-state index is 12.0. The molecule has 2 N–H and O–H groups in total. The van der Waals surface area contributed by atoms with E-state index < -0.39 is 17.4 Å². The minimum Gasteiger partial charge on any atom is -0.506 e. The highest BCUT2D eigenvalue weighted by atomic mass is 79.9. The first-order valence-corrected chi connectivity index (χ1v) is 9.07. The number of pyridine rings is 1. The molecular weight excluding hydrogens is 462 g/mol. The van der Waals surface area contributed by atoms with E-state index in [-0.39, 0.29) is 39.5 Å². The first-order chi connectivity index (χ1) is 14.3. The number of nitro groups is 1. The lowest BCUT2D eigenvalue weighted by Gasteiger charge is -2.10. The van der Waals surface area contributed by atoms with Crippen LogP contribution in [0.4, 0.5) is 5.69 Å². The average Bonchev–Trinajstić information content (AvgIpc) is 2.69. The van der Waals surface area contributed by atoms with Crippen molar-refractivity contribution in [1.29, 1.82) is 5.26 Å². The van der Waals surface area contributed by atoms with Gasteiger partial charge in [0.05, 0.1) is 22.2 Å². The number of carbonyl (C=O) groups is 1. The van der Waals surface area contributed by atoms with Crippen molar-refractivity contribution in [2.24, 2.45) is 5.10 Å². The third kappa shape index (κ3) is 5.72. The van der Waals surface area contributed by atoms with Gasteiger partial charge in [0, 0.05) is 36.1 Å². The Morgan fingerprint density at radius 2 is 2.23 bits per heavy atom. The number of nitriles is 1. The molecule has 0 saturated heterocycles. The van der Waals surface area contributed by atoms with Gasteiger partial charge in [0.2, 0.25) is 5.88 Å². The molecular formula is C18H16BrN5O6. The van der Waals surface area contributed by atoms with Crippen LogP contribution >= 0.6 is 15.9 Å². The number of aryl methyl sites for hydroxylation is 1. The largest absolute Gasteiger partial charge is 0.506 e. The number of nitrogens with zero attached hydrogens (tertiary/aromatic N) is 4. The molecule has 12 heteroatoms. The number of amides is 1. The van der Waals surface area contributed by atoms with Gasteiger partial charge in [0.1, 0.15) is 17.4 Å². The minimum absolute atomic E-state index is 0.0102. The van der Waals surface area contributed by atoms with Gasteiger partial charge in [-0.05, 0) is 28.9 Å². The fourth-order valence-electron chi connectivity index (χ4n) is 2.35. The molecule has 2 aromatic rings. The normalized spacial score (nSPS) is 10.6. The minimum atomic E-state index is -0.671. The summed E-state index contributed by atoms with van der Waals surface area (Å²) in [6.45, 7) is 1.40. The van der Waals surface area contributed by atoms with Crippen LogP contribution in [-0.2, 0) is 16.1 Å². The Hall–Kier alpha value is -3.56. The fraction of sp³-hybridized carbons (Fsp3) is 0.222. The number of halogens is 1. The molecule has 0 saturated carbocycles. The van der Waals surface area contributed by atoms with Gasteiger partial charge in [0.25, 0.3) is 11.6 Å². The number of benzene rings is 1. The molecule has 0 spiro atoms. The van der Waals surface area contributed by atoms with E-state index in [9.17, 15) is 25.3 Å². The summed E-state index contributed by atoms with van der Waals surface area (Å²) in [5.74, 6) is -0.956. The lowest BCUT2D eigenvalue weighted by Crippen LogP contribution is -2.25. The van der Waals surface area contributed by atoms with Gasteiger partial charge in [0.15, 0.2) is 6.61 Å². The summed E-state index contributed by atoms with van der Waals surface area (Å²) in [6, 6.07) is 5.89. The molecule has 0 aliphatic rings. The molecule has 0 atom stereocenters. The number of aromatic hydroxyl groups is 1. The number of aromatic nitrogens is 1. The Kier molecular flexibility index (Phi) is 7.79. The summed E-state index contributed by atoms with van der Waals surface area (Å²) in [5, 5.41) is 33.8. The van der Waals surface area contributed by atoms with Gasteiger partial charge in [-0.1, -0.05) is 0 Å². The van der Waals surface area contributed by atoms with Gasteiger partial charge in [-0.3, -0.25) is 14.9 Å². The van der Waals surface area contributed by atoms with Crippen LogP contribution in [0.5, 0.6) is 11.6 Å². The maximum Gasteiger partial charge on any atom is 0.278 e. The second-order valence-corrected chi connectivity index (χ2v) is 6.71.